The molecular weight excluding hydrogens is 508 g/mol. The minimum atomic E-state index is -1.34. The number of aromatic nitrogens is 4. The average Bonchev–Trinajstić information content (AvgIpc) is 3.24. The molecule has 202 valence electrons. The standard InChI is InChI=1S/C26H26N6O7/c1-30-20-21(31(2)26(39)32(23(20)36)14-15-6-4-3-5-7-15)29-25(30)27-17-10-8-16(9-11-17)22(35)28-18(24(37)38)12-13-19(33)34/h3-11,18H,12-14H2,1-2H3,(H,27,29)(H,28,35)(H,33,34)(H,37,38)/t18-/m0/s1. The van der Waals surface area contributed by atoms with Crippen LogP contribution in [0.1, 0.15) is 28.8 Å². The zero-order chi connectivity index (χ0) is 28.3. The van der Waals surface area contributed by atoms with E-state index in [1.807, 2.05) is 30.3 Å². The number of fused-ring (bicyclic) bond motifs is 1. The average molecular weight is 535 g/mol. The fourth-order valence-corrected chi connectivity index (χ4v) is 4.06. The van der Waals surface area contributed by atoms with Crippen LogP contribution >= 0.6 is 0 Å². The molecule has 2 aromatic heterocycles. The van der Waals surface area contributed by atoms with Gasteiger partial charge >= 0.3 is 17.6 Å². The summed E-state index contributed by atoms with van der Waals surface area (Å²) < 4.78 is 4.00. The Labute approximate surface area is 221 Å². The number of carboxylic acids is 2. The van der Waals surface area contributed by atoms with Crippen LogP contribution in [0.5, 0.6) is 0 Å². The number of amides is 1. The molecule has 0 saturated heterocycles. The Bertz CT molecular complexity index is 1670. The Hall–Kier alpha value is -5.20. The van der Waals surface area contributed by atoms with Gasteiger partial charge in [-0.15, -0.1) is 0 Å². The van der Waals surface area contributed by atoms with Crippen molar-refractivity contribution in [3.63, 3.8) is 0 Å². The van der Waals surface area contributed by atoms with Crippen molar-refractivity contribution in [2.24, 2.45) is 14.1 Å². The molecule has 0 aliphatic heterocycles. The van der Waals surface area contributed by atoms with Crippen LogP contribution in [0.2, 0.25) is 0 Å². The zero-order valence-corrected chi connectivity index (χ0v) is 21.1. The molecule has 2 aromatic carbocycles. The minimum Gasteiger partial charge on any atom is -0.481 e. The minimum absolute atomic E-state index is 0.110. The summed E-state index contributed by atoms with van der Waals surface area (Å²) in [5.74, 6) is -2.88. The molecule has 13 heteroatoms. The van der Waals surface area contributed by atoms with Gasteiger partial charge in [0.15, 0.2) is 11.2 Å². The van der Waals surface area contributed by atoms with E-state index >= 15 is 0 Å². The number of carboxylic acid groups (broad SMARTS) is 2. The maximum atomic E-state index is 13.3. The van der Waals surface area contributed by atoms with E-state index in [0.717, 1.165) is 10.1 Å². The highest BCUT2D eigenvalue weighted by atomic mass is 16.4. The van der Waals surface area contributed by atoms with Gasteiger partial charge in [-0.2, -0.15) is 4.98 Å². The number of aliphatic carboxylic acids is 2. The molecule has 4 N–H and O–H groups in total. The lowest BCUT2D eigenvalue weighted by Crippen LogP contribution is -2.41. The number of imidazole rings is 1. The second-order valence-electron chi connectivity index (χ2n) is 8.88. The Morgan fingerprint density at radius 1 is 0.949 bits per heavy atom. The van der Waals surface area contributed by atoms with Crippen molar-refractivity contribution < 1.29 is 24.6 Å². The van der Waals surface area contributed by atoms with E-state index in [4.69, 9.17) is 5.11 Å². The topological polar surface area (TPSA) is 178 Å². The number of carbonyl (C=O) groups is 3. The fraction of sp³-hybridized carbons (Fsp3) is 0.231. The van der Waals surface area contributed by atoms with Gasteiger partial charge < -0.3 is 25.4 Å². The molecule has 0 spiro atoms. The van der Waals surface area contributed by atoms with Crippen LogP contribution in [0, 0.1) is 0 Å². The van der Waals surface area contributed by atoms with Crippen LogP contribution in [0.25, 0.3) is 11.2 Å². The van der Waals surface area contributed by atoms with Crippen molar-refractivity contribution in [1.82, 2.24) is 24.0 Å². The molecule has 0 radical (unpaired) electrons. The number of rotatable bonds is 10. The van der Waals surface area contributed by atoms with Crippen LogP contribution in [-0.2, 0) is 30.2 Å². The molecule has 39 heavy (non-hydrogen) atoms. The van der Waals surface area contributed by atoms with Crippen LogP contribution in [0.4, 0.5) is 11.6 Å². The van der Waals surface area contributed by atoms with Crippen molar-refractivity contribution in [2.45, 2.75) is 25.4 Å². The molecule has 4 aromatic rings. The van der Waals surface area contributed by atoms with Gasteiger partial charge in [0.2, 0.25) is 5.95 Å². The van der Waals surface area contributed by atoms with E-state index in [1.54, 1.807) is 23.7 Å². The molecule has 0 aliphatic carbocycles. The highest BCUT2D eigenvalue weighted by molar-refractivity contribution is 5.97. The quantitative estimate of drug-likeness (QED) is 0.233. The van der Waals surface area contributed by atoms with E-state index in [9.17, 15) is 29.1 Å². The third kappa shape index (κ3) is 5.71. The van der Waals surface area contributed by atoms with Crippen molar-refractivity contribution in [2.75, 3.05) is 5.32 Å². The van der Waals surface area contributed by atoms with Crippen LogP contribution < -0.4 is 21.9 Å². The van der Waals surface area contributed by atoms with Gasteiger partial charge in [-0.05, 0) is 36.2 Å². The van der Waals surface area contributed by atoms with E-state index < -0.39 is 41.6 Å². The first-order valence-corrected chi connectivity index (χ1v) is 11.9. The van der Waals surface area contributed by atoms with Crippen LogP contribution in [0.15, 0.2) is 64.2 Å². The van der Waals surface area contributed by atoms with Gasteiger partial charge in [-0.3, -0.25) is 23.5 Å². The molecule has 13 nitrogen and oxygen atoms in total. The Kier molecular flexibility index (Phi) is 7.60. The number of carbonyl (C=O) groups excluding carboxylic acids is 1. The largest absolute Gasteiger partial charge is 0.481 e. The number of aryl methyl sites for hydroxylation is 2. The Morgan fingerprint density at radius 2 is 1.62 bits per heavy atom. The Morgan fingerprint density at radius 3 is 2.23 bits per heavy atom. The predicted octanol–water partition coefficient (Wildman–Crippen LogP) is 1.27. The van der Waals surface area contributed by atoms with E-state index in [0.29, 0.717) is 5.69 Å². The van der Waals surface area contributed by atoms with Gasteiger partial charge in [0.05, 0.1) is 6.54 Å². The molecule has 0 fully saturated rings. The van der Waals surface area contributed by atoms with Crippen molar-refractivity contribution in [1.29, 1.82) is 0 Å². The number of hydrogen-bond acceptors (Lipinski definition) is 7. The van der Waals surface area contributed by atoms with E-state index in [2.05, 4.69) is 15.6 Å². The first kappa shape index (κ1) is 26.9. The van der Waals surface area contributed by atoms with Crippen molar-refractivity contribution >= 4 is 40.6 Å². The summed E-state index contributed by atoms with van der Waals surface area (Å²) in [6.07, 6.45) is -0.653. The normalized spacial score (nSPS) is 11.7. The summed E-state index contributed by atoms with van der Waals surface area (Å²) in [4.78, 5) is 65.2. The summed E-state index contributed by atoms with van der Waals surface area (Å²) in [5.41, 5.74) is 0.932. The van der Waals surface area contributed by atoms with Gasteiger partial charge in [0.25, 0.3) is 11.5 Å². The van der Waals surface area contributed by atoms with Crippen LogP contribution in [-0.4, -0.2) is 52.8 Å². The second kappa shape index (κ2) is 11.0. The number of hydrogen-bond donors (Lipinski definition) is 4. The summed E-state index contributed by atoms with van der Waals surface area (Å²) >= 11 is 0. The number of benzene rings is 2. The van der Waals surface area contributed by atoms with Gasteiger partial charge in [0, 0.05) is 31.8 Å². The monoisotopic (exact) mass is 534 g/mol. The van der Waals surface area contributed by atoms with E-state index in [1.165, 1.54) is 23.7 Å². The third-order valence-corrected chi connectivity index (χ3v) is 6.20. The second-order valence-corrected chi connectivity index (χ2v) is 8.88. The third-order valence-electron chi connectivity index (χ3n) is 6.20. The van der Waals surface area contributed by atoms with Crippen molar-refractivity contribution in [3.05, 3.63) is 86.6 Å². The molecule has 1 atom stereocenters. The maximum absolute atomic E-state index is 13.3. The van der Waals surface area contributed by atoms with Crippen molar-refractivity contribution in [3.8, 4) is 0 Å². The molecule has 0 saturated carbocycles. The summed E-state index contributed by atoms with van der Waals surface area (Å²) in [5, 5.41) is 23.4. The number of anilines is 2. The summed E-state index contributed by atoms with van der Waals surface area (Å²) in [6.45, 7) is 0.110. The van der Waals surface area contributed by atoms with Crippen LogP contribution in [0.3, 0.4) is 0 Å². The maximum Gasteiger partial charge on any atom is 0.332 e. The van der Waals surface area contributed by atoms with Gasteiger partial charge in [0.1, 0.15) is 6.04 Å². The summed E-state index contributed by atoms with van der Waals surface area (Å²) in [7, 11) is 3.18. The molecule has 1 amide bonds. The summed E-state index contributed by atoms with van der Waals surface area (Å²) in [6, 6.07) is 13.9. The molecule has 0 bridgehead atoms. The molecule has 0 unspecified atom stereocenters. The SMILES string of the molecule is Cn1c(Nc2ccc(C(=O)N[C@@H](CCC(=O)O)C(=O)O)cc2)nc2c1c(=O)n(Cc1ccccc1)c(=O)n2C. The fourth-order valence-electron chi connectivity index (χ4n) is 4.06. The lowest BCUT2D eigenvalue weighted by Gasteiger charge is -2.14. The lowest BCUT2D eigenvalue weighted by atomic mass is 10.1. The molecule has 0 aliphatic rings. The Balaban J connectivity index is 1.57. The predicted molar refractivity (Wildman–Crippen MR) is 141 cm³/mol. The lowest BCUT2D eigenvalue weighted by molar-refractivity contribution is -0.140. The number of nitrogens with zero attached hydrogens (tertiary/aromatic N) is 4. The molecular formula is C26H26N6O7. The van der Waals surface area contributed by atoms with E-state index in [-0.39, 0.29) is 35.6 Å². The number of nitrogens with one attached hydrogen (secondary N) is 2. The molecule has 2 heterocycles. The zero-order valence-electron chi connectivity index (χ0n) is 21.1. The van der Waals surface area contributed by atoms with Gasteiger partial charge in [-0.1, -0.05) is 30.3 Å². The van der Waals surface area contributed by atoms with Gasteiger partial charge in [-0.25, -0.2) is 9.59 Å². The molecule has 4 rings (SSSR count). The highest BCUT2D eigenvalue weighted by Crippen LogP contribution is 2.19. The smallest absolute Gasteiger partial charge is 0.332 e. The first-order chi connectivity index (χ1) is 18.6. The highest BCUT2D eigenvalue weighted by Gasteiger charge is 2.22. The first-order valence-electron chi connectivity index (χ1n) is 11.9.